The number of hydrogen-bond acceptors (Lipinski definition) is 3. The average molecular weight is 354 g/mol. The smallest absolute Gasteiger partial charge is 0.475 e. The number of nitrogens with two attached hydrogens (primary N) is 1. The van der Waals surface area contributed by atoms with Crippen LogP contribution in [0.5, 0.6) is 0 Å². The summed E-state index contributed by atoms with van der Waals surface area (Å²) in [6.07, 6.45) is -3.73. The van der Waals surface area contributed by atoms with Crippen molar-refractivity contribution in [1.29, 1.82) is 5.41 Å². The van der Waals surface area contributed by atoms with Gasteiger partial charge in [-0.05, 0) is 35.7 Å². The Kier molecular flexibility index (Phi) is 6.67. The van der Waals surface area contributed by atoms with Gasteiger partial charge in [0.05, 0.1) is 0 Å². The van der Waals surface area contributed by atoms with Crippen molar-refractivity contribution in [1.82, 2.24) is 0 Å². The van der Waals surface area contributed by atoms with Gasteiger partial charge in [0.2, 0.25) is 0 Å². The van der Waals surface area contributed by atoms with Crippen LogP contribution < -0.4 is 5.73 Å². The summed E-state index contributed by atoms with van der Waals surface area (Å²) < 4.78 is 31.7. The number of hydrogen-bond donors (Lipinski definition) is 3. The van der Waals surface area contributed by atoms with Gasteiger partial charge in [-0.3, -0.25) is 5.41 Å². The third-order valence-electron chi connectivity index (χ3n) is 3.22. The number of ketones is 1. The van der Waals surface area contributed by atoms with Crippen molar-refractivity contribution >= 4 is 28.4 Å². The van der Waals surface area contributed by atoms with Crippen LogP contribution in [0.2, 0.25) is 0 Å². The fourth-order valence-electron chi connectivity index (χ4n) is 1.94. The van der Waals surface area contributed by atoms with Gasteiger partial charge >= 0.3 is 12.1 Å². The van der Waals surface area contributed by atoms with Gasteiger partial charge in [0.15, 0.2) is 0 Å². The van der Waals surface area contributed by atoms with Gasteiger partial charge in [-0.1, -0.05) is 30.3 Å². The Morgan fingerprint density at radius 3 is 2.12 bits per heavy atom. The van der Waals surface area contributed by atoms with Crippen LogP contribution >= 0.6 is 0 Å². The highest BCUT2D eigenvalue weighted by Crippen LogP contribution is 2.19. The first kappa shape index (κ1) is 20.1. The van der Waals surface area contributed by atoms with Crippen LogP contribution in [0.3, 0.4) is 0 Å². The molecule has 0 aliphatic heterocycles. The Labute approximate surface area is 141 Å². The monoisotopic (exact) mass is 354 g/mol. The van der Waals surface area contributed by atoms with Gasteiger partial charge in [0.25, 0.3) is 0 Å². The molecule has 0 saturated heterocycles. The number of carbonyl (C=O) groups excluding carboxylic acids is 1. The topological polar surface area (TPSA) is 104 Å². The van der Waals surface area contributed by atoms with Crippen molar-refractivity contribution in [3.63, 3.8) is 0 Å². The zero-order valence-corrected chi connectivity index (χ0v) is 13.4. The third-order valence-corrected chi connectivity index (χ3v) is 3.22. The Bertz CT molecular complexity index is 801. The number of fused-ring (bicyclic) bond motifs is 1. The van der Waals surface area contributed by atoms with E-state index in [0.717, 1.165) is 28.3 Å². The molecule has 0 heterocycles. The number of amidine groups is 1. The summed E-state index contributed by atoms with van der Waals surface area (Å²) >= 11 is 0. The molecule has 0 aromatic heterocycles. The minimum atomic E-state index is -5.08. The lowest BCUT2D eigenvalue weighted by Gasteiger charge is -2.05. The van der Waals surface area contributed by atoms with Crippen LogP contribution in [0.4, 0.5) is 13.2 Å². The van der Waals surface area contributed by atoms with E-state index in [-0.39, 0.29) is 11.6 Å². The van der Waals surface area contributed by atoms with E-state index in [4.69, 9.17) is 21.0 Å². The standard InChI is InChI=1S/C15H16N2O.C2HF3O2/c1-10(18)2-3-11-4-5-13-9-14(15(16)17)7-6-12(13)8-11;3-2(4,5)1(6)7/h4-9H,2-3H2,1H3,(H3,16,17);(H,6,7). The number of nitrogens with one attached hydrogen (secondary N) is 1. The summed E-state index contributed by atoms with van der Waals surface area (Å²) in [5.74, 6) is -2.47. The maximum absolute atomic E-state index is 11.0. The Hall–Kier alpha value is -2.90. The molecule has 0 aliphatic rings. The second kappa shape index (κ2) is 8.27. The minimum absolute atomic E-state index is 0.0811. The number of carboxylic acid groups (broad SMARTS) is 1. The lowest BCUT2D eigenvalue weighted by molar-refractivity contribution is -0.192. The van der Waals surface area contributed by atoms with E-state index in [0.29, 0.717) is 6.42 Å². The fraction of sp³-hybridized carbons (Fsp3) is 0.235. The molecular weight excluding hydrogens is 337 g/mol. The van der Waals surface area contributed by atoms with Crippen LogP contribution in [0.15, 0.2) is 36.4 Å². The summed E-state index contributed by atoms with van der Waals surface area (Å²) in [6, 6.07) is 11.8. The van der Waals surface area contributed by atoms with Crippen LogP contribution in [0.25, 0.3) is 10.8 Å². The summed E-state index contributed by atoms with van der Waals surface area (Å²) in [7, 11) is 0. The highest BCUT2D eigenvalue weighted by Gasteiger charge is 2.38. The van der Waals surface area contributed by atoms with Crippen molar-refractivity contribution in [2.24, 2.45) is 5.73 Å². The van der Waals surface area contributed by atoms with Crippen LogP contribution in [-0.4, -0.2) is 28.9 Å². The highest BCUT2D eigenvalue weighted by atomic mass is 19.4. The molecule has 0 atom stereocenters. The maximum Gasteiger partial charge on any atom is 0.490 e. The first-order valence-electron chi connectivity index (χ1n) is 7.17. The summed E-state index contributed by atoms with van der Waals surface area (Å²) in [6.45, 7) is 1.61. The van der Waals surface area contributed by atoms with E-state index >= 15 is 0 Å². The Morgan fingerprint density at radius 1 is 1.12 bits per heavy atom. The van der Waals surface area contributed by atoms with E-state index in [2.05, 4.69) is 6.07 Å². The van der Waals surface area contributed by atoms with E-state index in [9.17, 15) is 18.0 Å². The molecule has 0 bridgehead atoms. The molecule has 2 aromatic carbocycles. The molecule has 0 saturated carbocycles. The molecule has 8 heteroatoms. The second-order valence-corrected chi connectivity index (χ2v) is 5.31. The highest BCUT2D eigenvalue weighted by molar-refractivity contribution is 5.99. The number of aliphatic carboxylic acids is 1. The van der Waals surface area contributed by atoms with E-state index < -0.39 is 12.1 Å². The van der Waals surface area contributed by atoms with Crippen molar-refractivity contribution < 1.29 is 27.9 Å². The first-order valence-corrected chi connectivity index (χ1v) is 7.17. The third kappa shape index (κ3) is 6.62. The largest absolute Gasteiger partial charge is 0.490 e. The minimum Gasteiger partial charge on any atom is -0.475 e. The molecule has 2 aromatic rings. The van der Waals surface area contributed by atoms with Gasteiger partial charge in [0, 0.05) is 12.0 Å². The van der Waals surface area contributed by atoms with Crippen LogP contribution in [0.1, 0.15) is 24.5 Å². The molecule has 4 N–H and O–H groups in total. The summed E-state index contributed by atoms with van der Waals surface area (Å²) in [4.78, 5) is 19.9. The van der Waals surface area contributed by atoms with Crippen LogP contribution in [0, 0.1) is 5.41 Å². The number of Topliss-reactive ketones (excluding diaryl/α,β-unsaturated/α-hetero) is 1. The van der Waals surface area contributed by atoms with E-state index in [1.165, 1.54) is 0 Å². The quantitative estimate of drug-likeness (QED) is 0.579. The molecule has 0 amide bonds. The SMILES string of the molecule is CC(=O)CCc1ccc2cc(C(=N)N)ccc2c1.O=C(O)C(F)(F)F. The lowest BCUT2D eigenvalue weighted by atomic mass is 10.0. The second-order valence-electron chi connectivity index (χ2n) is 5.31. The van der Waals surface area contributed by atoms with Gasteiger partial charge in [-0.25, -0.2) is 4.79 Å². The van der Waals surface area contributed by atoms with E-state index in [1.54, 1.807) is 6.92 Å². The zero-order chi connectivity index (χ0) is 19.2. The number of nitrogen functional groups attached to an aromatic ring is 1. The first-order chi connectivity index (χ1) is 11.5. The van der Waals surface area contributed by atoms with Crippen molar-refractivity contribution in [2.75, 3.05) is 0 Å². The van der Waals surface area contributed by atoms with Gasteiger partial charge in [-0.2, -0.15) is 13.2 Å². The van der Waals surface area contributed by atoms with Crippen molar-refractivity contribution in [3.8, 4) is 0 Å². The van der Waals surface area contributed by atoms with Crippen molar-refractivity contribution in [2.45, 2.75) is 25.9 Å². The number of carbonyl (C=O) groups is 2. The number of benzene rings is 2. The summed E-state index contributed by atoms with van der Waals surface area (Å²) in [5.41, 5.74) is 7.36. The molecule has 0 aliphatic carbocycles. The molecule has 0 spiro atoms. The lowest BCUT2D eigenvalue weighted by Crippen LogP contribution is -2.21. The molecule has 5 nitrogen and oxygen atoms in total. The normalized spacial score (nSPS) is 10.7. The maximum atomic E-state index is 11.0. The molecule has 2 rings (SSSR count). The van der Waals surface area contributed by atoms with Gasteiger partial charge in [-0.15, -0.1) is 0 Å². The molecule has 134 valence electrons. The molecule has 0 unspecified atom stereocenters. The molecule has 25 heavy (non-hydrogen) atoms. The van der Waals surface area contributed by atoms with E-state index in [1.807, 2.05) is 30.3 Å². The number of rotatable bonds is 4. The number of carboxylic acids is 1. The molecular formula is C17H17F3N2O3. The molecule has 0 fully saturated rings. The molecule has 0 radical (unpaired) electrons. The number of aryl methyl sites for hydroxylation is 1. The number of alkyl halides is 3. The van der Waals surface area contributed by atoms with Crippen LogP contribution in [-0.2, 0) is 16.0 Å². The zero-order valence-electron chi connectivity index (χ0n) is 13.4. The van der Waals surface area contributed by atoms with Gasteiger partial charge in [0.1, 0.15) is 11.6 Å². The van der Waals surface area contributed by atoms with Gasteiger partial charge < -0.3 is 15.6 Å². The fourth-order valence-corrected chi connectivity index (χ4v) is 1.94. The Morgan fingerprint density at radius 2 is 1.64 bits per heavy atom. The Balaban J connectivity index is 0.000000381. The summed E-state index contributed by atoms with van der Waals surface area (Å²) in [5, 5.41) is 16.7. The predicted octanol–water partition coefficient (Wildman–Crippen LogP) is 3.28. The predicted molar refractivity (Wildman–Crippen MR) is 87.7 cm³/mol. The number of halogens is 3. The van der Waals surface area contributed by atoms with Crippen molar-refractivity contribution in [3.05, 3.63) is 47.5 Å². The average Bonchev–Trinajstić information content (AvgIpc) is 2.51.